The molecule has 1 atom stereocenters. The van der Waals surface area contributed by atoms with Crippen LogP contribution >= 0.6 is 0 Å². The molecule has 3 N–H and O–H groups in total. The molecule has 2 rings (SSSR count). The zero-order chi connectivity index (χ0) is 21.4. The molecule has 29 heavy (non-hydrogen) atoms. The first-order valence-corrected chi connectivity index (χ1v) is 9.70. The van der Waals surface area contributed by atoms with Gasteiger partial charge >= 0.3 is 11.8 Å². The highest BCUT2D eigenvalue weighted by Crippen LogP contribution is 2.21. The minimum atomic E-state index is -0.739. The highest BCUT2D eigenvalue weighted by molar-refractivity contribution is 6.39. The second-order valence-electron chi connectivity index (χ2n) is 7.52. The van der Waals surface area contributed by atoms with Crippen LogP contribution in [-0.4, -0.2) is 28.7 Å². The fourth-order valence-corrected chi connectivity index (χ4v) is 2.66. The van der Waals surface area contributed by atoms with Gasteiger partial charge in [0.1, 0.15) is 0 Å². The van der Waals surface area contributed by atoms with Crippen LogP contribution in [0.25, 0.3) is 0 Å². The first-order valence-electron chi connectivity index (χ1n) is 9.70. The molecule has 0 radical (unpaired) electrons. The molecule has 3 amide bonds. The van der Waals surface area contributed by atoms with E-state index in [1.54, 1.807) is 42.7 Å². The van der Waals surface area contributed by atoms with Gasteiger partial charge in [0.25, 0.3) is 5.91 Å². The molecule has 1 heterocycles. The van der Waals surface area contributed by atoms with E-state index in [1.807, 2.05) is 13.8 Å². The lowest BCUT2D eigenvalue weighted by molar-refractivity contribution is -0.136. The van der Waals surface area contributed by atoms with E-state index in [-0.39, 0.29) is 11.9 Å². The van der Waals surface area contributed by atoms with Crippen molar-refractivity contribution in [3.63, 3.8) is 0 Å². The molecule has 1 unspecified atom stereocenters. The van der Waals surface area contributed by atoms with Gasteiger partial charge in [-0.2, -0.15) is 0 Å². The summed E-state index contributed by atoms with van der Waals surface area (Å²) in [5.74, 6) is -1.16. The molecular weight excluding hydrogens is 368 g/mol. The van der Waals surface area contributed by atoms with Crippen LogP contribution < -0.4 is 16.0 Å². The fraction of sp³-hybridized carbons (Fsp3) is 0.364. The summed E-state index contributed by atoms with van der Waals surface area (Å²) in [5, 5.41) is 8.10. The van der Waals surface area contributed by atoms with Crippen LogP contribution in [0.2, 0.25) is 0 Å². The summed E-state index contributed by atoms with van der Waals surface area (Å²) in [5.41, 5.74) is 2.28. The summed E-state index contributed by atoms with van der Waals surface area (Å²) in [4.78, 5) is 40.6. The van der Waals surface area contributed by atoms with E-state index >= 15 is 0 Å². The Morgan fingerprint density at radius 3 is 2.28 bits per heavy atom. The molecule has 0 aliphatic carbocycles. The topological polar surface area (TPSA) is 100 Å². The monoisotopic (exact) mass is 396 g/mol. The van der Waals surface area contributed by atoms with E-state index in [4.69, 9.17) is 0 Å². The molecule has 7 nitrogen and oxygen atoms in total. The average Bonchev–Trinajstić information content (AvgIpc) is 2.69. The van der Waals surface area contributed by atoms with Gasteiger partial charge in [0, 0.05) is 35.4 Å². The van der Waals surface area contributed by atoms with Crippen molar-refractivity contribution in [2.75, 3.05) is 10.6 Å². The van der Waals surface area contributed by atoms with Crippen molar-refractivity contribution in [2.45, 2.75) is 46.6 Å². The van der Waals surface area contributed by atoms with Gasteiger partial charge in [-0.3, -0.25) is 19.4 Å². The zero-order valence-corrected chi connectivity index (χ0v) is 17.3. The van der Waals surface area contributed by atoms with Crippen LogP contribution in [0.1, 0.15) is 49.5 Å². The molecule has 7 heteroatoms. The number of carbonyl (C=O) groups is 3. The van der Waals surface area contributed by atoms with Crippen LogP contribution in [0, 0.1) is 12.8 Å². The van der Waals surface area contributed by atoms with Crippen molar-refractivity contribution in [2.24, 2.45) is 5.92 Å². The molecule has 0 spiro atoms. The molecule has 0 fully saturated rings. The van der Waals surface area contributed by atoms with Gasteiger partial charge < -0.3 is 16.0 Å². The van der Waals surface area contributed by atoms with Crippen LogP contribution in [0.3, 0.4) is 0 Å². The van der Waals surface area contributed by atoms with E-state index in [0.29, 0.717) is 22.9 Å². The number of anilines is 2. The first kappa shape index (κ1) is 22.1. The molecular formula is C22H28N4O3. The smallest absolute Gasteiger partial charge is 0.313 e. The lowest BCUT2D eigenvalue weighted by Crippen LogP contribution is -2.40. The molecule has 1 aromatic carbocycles. The Balaban J connectivity index is 1.99. The zero-order valence-electron chi connectivity index (χ0n) is 17.3. The number of nitrogens with zero attached hydrogens (tertiary/aromatic N) is 1. The Morgan fingerprint density at radius 2 is 1.62 bits per heavy atom. The second kappa shape index (κ2) is 10.4. The second-order valence-corrected chi connectivity index (χ2v) is 7.52. The number of nitrogens with one attached hydrogen (secondary N) is 3. The molecule has 1 aromatic heterocycles. The quantitative estimate of drug-likeness (QED) is 0.623. The predicted octanol–water partition coefficient (Wildman–Crippen LogP) is 3.52. The largest absolute Gasteiger partial charge is 0.345 e. The first-order chi connectivity index (χ1) is 13.8. The van der Waals surface area contributed by atoms with Crippen LogP contribution in [-0.2, 0) is 9.59 Å². The summed E-state index contributed by atoms with van der Waals surface area (Å²) >= 11 is 0. The van der Waals surface area contributed by atoms with Crippen LogP contribution in [0.4, 0.5) is 11.4 Å². The number of pyridine rings is 1. The minimum absolute atomic E-state index is 0.0797. The molecule has 0 bridgehead atoms. The van der Waals surface area contributed by atoms with Gasteiger partial charge in [0.2, 0.25) is 0 Å². The number of amides is 3. The summed E-state index contributed by atoms with van der Waals surface area (Å²) in [6.45, 7) is 7.95. The maximum absolute atomic E-state index is 12.3. The molecule has 154 valence electrons. The Bertz CT molecular complexity index is 866. The third-order valence-electron chi connectivity index (χ3n) is 4.45. The summed E-state index contributed by atoms with van der Waals surface area (Å²) < 4.78 is 0. The lowest BCUT2D eigenvalue weighted by Gasteiger charge is -2.15. The number of benzene rings is 1. The summed E-state index contributed by atoms with van der Waals surface area (Å²) in [7, 11) is 0. The Labute approximate surface area is 171 Å². The van der Waals surface area contributed by atoms with Crippen molar-refractivity contribution >= 4 is 29.1 Å². The predicted molar refractivity (Wildman–Crippen MR) is 114 cm³/mol. The maximum atomic E-state index is 12.3. The number of carbonyl (C=O) groups excluding carboxylic acids is 3. The van der Waals surface area contributed by atoms with Crippen molar-refractivity contribution in [1.82, 2.24) is 10.3 Å². The average molecular weight is 396 g/mol. The van der Waals surface area contributed by atoms with Gasteiger partial charge in [-0.15, -0.1) is 0 Å². The molecule has 0 aliphatic heterocycles. The van der Waals surface area contributed by atoms with Gasteiger partial charge in [-0.25, -0.2) is 0 Å². The Hall–Kier alpha value is -3.22. The summed E-state index contributed by atoms with van der Waals surface area (Å²) in [6, 6.07) is 8.22. The fourth-order valence-electron chi connectivity index (χ4n) is 2.66. The molecule has 0 aliphatic rings. The SMILES string of the molecule is Cc1ccc(NC(=O)C(=O)NC(C)CCC(C)C)cc1NC(=O)c1ccncc1. The third kappa shape index (κ3) is 7.03. The van der Waals surface area contributed by atoms with Gasteiger partial charge in [0.15, 0.2) is 0 Å². The van der Waals surface area contributed by atoms with Gasteiger partial charge in [-0.05, 0) is 62.4 Å². The number of aromatic nitrogens is 1. The van der Waals surface area contributed by atoms with Crippen LogP contribution in [0.5, 0.6) is 0 Å². The standard InChI is InChI=1S/C22H28N4O3/c1-14(2)5-7-16(4)24-21(28)22(29)25-18-8-6-15(3)19(13-18)26-20(27)17-9-11-23-12-10-17/h6,8-14,16H,5,7H2,1-4H3,(H,24,28)(H,25,29)(H,26,27). The van der Waals surface area contributed by atoms with Crippen molar-refractivity contribution in [3.05, 3.63) is 53.9 Å². The van der Waals surface area contributed by atoms with E-state index in [0.717, 1.165) is 18.4 Å². The molecule has 0 saturated heterocycles. The minimum Gasteiger partial charge on any atom is -0.345 e. The molecule has 0 saturated carbocycles. The van der Waals surface area contributed by atoms with E-state index < -0.39 is 11.8 Å². The summed E-state index contributed by atoms with van der Waals surface area (Å²) in [6.07, 6.45) is 4.87. The van der Waals surface area contributed by atoms with Gasteiger partial charge in [0.05, 0.1) is 0 Å². The Morgan fingerprint density at radius 1 is 0.931 bits per heavy atom. The number of aryl methyl sites for hydroxylation is 1. The van der Waals surface area contributed by atoms with Crippen LogP contribution in [0.15, 0.2) is 42.7 Å². The van der Waals surface area contributed by atoms with Gasteiger partial charge in [-0.1, -0.05) is 19.9 Å². The maximum Gasteiger partial charge on any atom is 0.313 e. The lowest BCUT2D eigenvalue weighted by atomic mass is 10.0. The van der Waals surface area contributed by atoms with E-state index in [9.17, 15) is 14.4 Å². The van der Waals surface area contributed by atoms with E-state index in [1.165, 1.54) is 0 Å². The van der Waals surface area contributed by atoms with E-state index in [2.05, 4.69) is 34.8 Å². The highest BCUT2D eigenvalue weighted by atomic mass is 16.2. The highest BCUT2D eigenvalue weighted by Gasteiger charge is 2.17. The third-order valence-corrected chi connectivity index (χ3v) is 4.45. The normalized spacial score (nSPS) is 11.6. The van der Waals surface area contributed by atoms with Crippen molar-refractivity contribution in [1.29, 1.82) is 0 Å². The number of hydrogen-bond acceptors (Lipinski definition) is 4. The van der Waals surface area contributed by atoms with Crippen molar-refractivity contribution in [3.8, 4) is 0 Å². The van der Waals surface area contributed by atoms with Crippen molar-refractivity contribution < 1.29 is 14.4 Å². The number of rotatable bonds is 7. The number of hydrogen-bond donors (Lipinski definition) is 3. The molecule has 2 aromatic rings. The Kier molecular flexibility index (Phi) is 7.88.